The van der Waals surface area contributed by atoms with Crippen molar-refractivity contribution in [2.24, 2.45) is 5.92 Å². The number of likely N-dealkylation sites (tertiary alicyclic amines) is 1. The van der Waals surface area contributed by atoms with E-state index in [1.54, 1.807) is 11.0 Å². The molecule has 1 aromatic rings. The third-order valence-electron chi connectivity index (χ3n) is 3.36. The number of ether oxygens (including phenoxy) is 1. The van der Waals surface area contributed by atoms with Crippen LogP contribution in [0.25, 0.3) is 6.08 Å². The quantitative estimate of drug-likeness (QED) is 0.795. The topological polar surface area (TPSA) is 29.5 Å². The van der Waals surface area contributed by atoms with Crippen LogP contribution in [0.4, 0.5) is 18.0 Å². The van der Waals surface area contributed by atoms with Gasteiger partial charge in [0.15, 0.2) is 0 Å². The van der Waals surface area contributed by atoms with Gasteiger partial charge in [0.2, 0.25) is 0 Å². The van der Waals surface area contributed by atoms with Gasteiger partial charge < -0.3 is 9.64 Å². The monoisotopic (exact) mass is 327 g/mol. The third-order valence-corrected chi connectivity index (χ3v) is 3.36. The summed E-state index contributed by atoms with van der Waals surface area (Å²) in [5, 5.41) is 0. The van der Waals surface area contributed by atoms with E-state index >= 15 is 0 Å². The van der Waals surface area contributed by atoms with Gasteiger partial charge in [-0.05, 0) is 38.5 Å². The maximum Gasteiger partial charge on any atom is 0.416 e. The van der Waals surface area contributed by atoms with Crippen molar-refractivity contribution in [3.63, 3.8) is 0 Å². The second-order valence-electron chi connectivity index (χ2n) is 6.62. The SMILES string of the molecule is CC(C)(C)OC(=O)N1CC(C=Cc2ccc(C(F)(F)F)cc2)C1. The summed E-state index contributed by atoms with van der Waals surface area (Å²) < 4.78 is 42.7. The van der Waals surface area contributed by atoms with E-state index in [1.807, 2.05) is 26.8 Å². The van der Waals surface area contributed by atoms with Crippen LogP contribution in [0.3, 0.4) is 0 Å². The third kappa shape index (κ3) is 5.01. The fourth-order valence-electron chi connectivity index (χ4n) is 2.14. The zero-order valence-electron chi connectivity index (χ0n) is 13.4. The van der Waals surface area contributed by atoms with E-state index in [0.29, 0.717) is 18.7 Å². The Morgan fingerprint density at radius 3 is 2.22 bits per heavy atom. The molecule has 0 radical (unpaired) electrons. The Morgan fingerprint density at radius 1 is 1.17 bits per heavy atom. The van der Waals surface area contributed by atoms with Gasteiger partial charge in [0.25, 0.3) is 0 Å². The van der Waals surface area contributed by atoms with Crippen LogP contribution in [0, 0.1) is 5.92 Å². The molecule has 0 atom stereocenters. The van der Waals surface area contributed by atoms with Crippen LogP contribution in [0.1, 0.15) is 31.9 Å². The second-order valence-corrected chi connectivity index (χ2v) is 6.62. The zero-order chi connectivity index (χ0) is 17.3. The number of alkyl halides is 3. The highest BCUT2D eigenvalue weighted by molar-refractivity contribution is 5.69. The standard InChI is InChI=1S/C17H20F3NO2/c1-16(2,3)23-15(22)21-10-13(11-21)5-4-12-6-8-14(9-7-12)17(18,19)20/h4-9,13H,10-11H2,1-3H3. The molecule has 1 amide bonds. The number of nitrogens with zero attached hydrogens (tertiary/aromatic N) is 1. The van der Waals surface area contributed by atoms with Crippen LogP contribution in [-0.4, -0.2) is 29.7 Å². The van der Waals surface area contributed by atoms with Gasteiger partial charge in [-0.2, -0.15) is 13.2 Å². The van der Waals surface area contributed by atoms with Gasteiger partial charge in [-0.15, -0.1) is 0 Å². The van der Waals surface area contributed by atoms with Crippen LogP contribution in [0.15, 0.2) is 30.3 Å². The zero-order valence-corrected chi connectivity index (χ0v) is 13.4. The molecule has 0 aromatic heterocycles. The molecule has 1 aliphatic rings. The molecule has 0 saturated carbocycles. The van der Waals surface area contributed by atoms with Gasteiger partial charge in [-0.25, -0.2) is 4.79 Å². The van der Waals surface area contributed by atoms with Crippen LogP contribution >= 0.6 is 0 Å². The summed E-state index contributed by atoms with van der Waals surface area (Å²) in [6, 6.07) is 4.99. The number of rotatable bonds is 2. The number of amides is 1. The Kier molecular flexibility index (Phi) is 4.73. The molecule has 0 spiro atoms. The minimum Gasteiger partial charge on any atom is -0.444 e. The van der Waals surface area contributed by atoms with Gasteiger partial charge in [0, 0.05) is 19.0 Å². The fraction of sp³-hybridized carbons (Fsp3) is 0.471. The number of carbonyl (C=O) groups excluding carboxylic acids is 1. The van der Waals surface area contributed by atoms with Gasteiger partial charge in [0.05, 0.1) is 5.56 Å². The first-order valence-corrected chi connectivity index (χ1v) is 7.38. The Bertz CT molecular complexity index is 579. The number of carbonyl (C=O) groups is 1. The van der Waals surface area contributed by atoms with E-state index in [4.69, 9.17) is 4.74 Å². The maximum atomic E-state index is 12.5. The van der Waals surface area contributed by atoms with E-state index in [2.05, 4.69) is 0 Å². The first kappa shape index (κ1) is 17.4. The van der Waals surface area contributed by atoms with Gasteiger partial charge in [0.1, 0.15) is 5.60 Å². The lowest BCUT2D eigenvalue weighted by Gasteiger charge is -2.38. The molecular formula is C17H20F3NO2. The van der Waals surface area contributed by atoms with Crippen molar-refractivity contribution in [3.8, 4) is 0 Å². The lowest BCUT2D eigenvalue weighted by atomic mass is 9.99. The Morgan fingerprint density at radius 2 is 1.74 bits per heavy atom. The first-order chi connectivity index (χ1) is 10.5. The minimum atomic E-state index is -4.32. The van der Waals surface area contributed by atoms with Gasteiger partial charge in [-0.1, -0.05) is 24.3 Å². The summed E-state index contributed by atoms with van der Waals surface area (Å²) in [4.78, 5) is 13.4. The minimum absolute atomic E-state index is 0.199. The average molecular weight is 327 g/mol. The van der Waals surface area contributed by atoms with Crippen molar-refractivity contribution in [2.45, 2.75) is 32.5 Å². The molecule has 1 aromatic carbocycles. The van der Waals surface area contributed by atoms with E-state index < -0.39 is 17.3 Å². The molecule has 0 N–H and O–H groups in total. The van der Waals surface area contributed by atoms with E-state index in [9.17, 15) is 18.0 Å². The molecule has 126 valence electrons. The number of hydrogen-bond donors (Lipinski definition) is 0. The lowest BCUT2D eigenvalue weighted by molar-refractivity contribution is -0.137. The first-order valence-electron chi connectivity index (χ1n) is 7.38. The Balaban J connectivity index is 1.83. The van der Waals surface area contributed by atoms with Crippen molar-refractivity contribution in [1.82, 2.24) is 4.90 Å². The van der Waals surface area contributed by atoms with E-state index in [-0.39, 0.29) is 12.0 Å². The smallest absolute Gasteiger partial charge is 0.416 e. The van der Waals surface area contributed by atoms with E-state index in [0.717, 1.165) is 12.1 Å². The molecule has 6 heteroatoms. The van der Waals surface area contributed by atoms with Gasteiger partial charge >= 0.3 is 12.3 Å². The number of benzene rings is 1. The molecule has 0 aliphatic carbocycles. The number of halogens is 3. The molecule has 0 unspecified atom stereocenters. The largest absolute Gasteiger partial charge is 0.444 e. The highest BCUT2D eigenvalue weighted by Crippen LogP contribution is 2.29. The summed E-state index contributed by atoms with van der Waals surface area (Å²) in [6.45, 7) is 6.56. The predicted octanol–water partition coefficient (Wildman–Crippen LogP) is 4.59. The summed E-state index contributed by atoms with van der Waals surface area (Å²) in [6.07, 6.45) is -0.970. The molecule has 3 nitrogen and oxygen atoms in total. The molecule has 2 rings (SSSR count). The van der Waals surface area contributed by atoms with Crippen LogP contribution in [-0.2, 0) is 10.9 Å². The molecule has 1 heterocycles. The molecule has 1 fully saturated rings. The van der Waals surface area contributed by atoms with Crippen LogP contribution in [0.5, 0.6) is 0 Å². The highest BCUT2D eigenvalue weighted by atomic mass is 19.4. The summed E-state index contributed by atoms with van der Waals surface area (Å²) in [7, 11) is 0. The summed E-state index contributed by atoms with van der Waals surface area (Å²) >= 11 is 0. The Labute approximate surface area is 133 Å². The van der Waals surface area contributed by atoms with Crippen molar-refractivity contribution >= 4 is 12.2 Å². The molecule has 1 saturated heterocycles. The lowest BCUT2D eigenvalue weighted by Crippen LogP contribution is -2.50. The maximum absolute atomic E-state index is 12.5. The van der Waals surface area contributed by atoms with Crippen molar-refractivity contribution < 1.29 is 22.7 Å². The van der Waals surface area contributed by atoms with Crippen molar-refractivity contribution in [3.05, 3.63) is 41.5 Å². The number of hydrogen-bond acceptors (Lipinski definition) is 2. The van der Waals surface area contributed by atoms with E-state index in [1.165, 1.54) is 12.1 Å². The predicted molar refractivity (Wildman–Crippen MR) is 81.8 cm³/mol. The van der Waals surface area contributed by atoms with Crippen LogP contribution < -0.4 is 0 Å². The van der Waals surface area contributed by atoms with Crippen molar-refractivity contribution in [1.29, 1.82) is 0 Å². The molecule has 1 aliphatic heterocycles. The van der Waals surface area contributed by atoms with Gasteiger partial charge in [-0.3, -0.25) is 0 Å². The summed E-state index contributed by atoms with van der Waals surface area (Å²) in [5.74, 6) is 0.199. The average Bonchev–Trinajstić information content (AvgIpc) is 2.34. The second kappa shape index (κ2) is 6.26. The summed E-state index contributed by atoms with van der Waals surface area (Å²) in [5.41, 5.74) is -0.471. The molecule has 23 heavy (non-hydrogen) atoms. The molecular weight excluding hydrogens is 307 g/mol. The molecule has 0 bridgehead atoms. The van der Waals surface area contributed by atoms with Crippen molar-refractivity contribution in [2.75, 3.05) is 13.1 Å². The van der Waals surface area contributed by atoms with Crippen LogP contribution in [0.2, 0.25) is 0 Å². The fourth-order valence-corrected chi connectivity index (χ4v) is 2.14. The normalized spacial score (nSPS) is 16.5. The Hall–Kier alpha value is -1.98. The highest BCUT2D eigenvalue weighted by Gasteiger charge is 2.32.